The molecule has 0 aliphatic carbocycles. The van der Waals surface area contributed by atoms with Gasteiger partial charge < -0.3 is 9.67 Å². The molecule has 16 heavy (non-hydrogen) atoms. The molecule has 0 amide bonds. The van der Waals surface area contributed by atoms with Crippen LogP contribution >= 0.6 is 15.9 Å². The molecule has 0 spiro atoms. The highest BCUT2D eigenvalue weighted by atomic mass is 79.9. The molecular formula is C8H5BrF3NO3. The SMILES string of the molecule is O=C(O)Cn1cc(C(F)(F)F)cc(Br)c1=O. The summed E-state index contributed by atoms with van der Waals surface area (Å²) in [7, 11) is 0. The van der Waals surface area contributed by atoms with Gasteiger partial charge in [0.1, 0.15) is 6.54 Å². The van der Waals surface area contributed by atoms with Gasteiger partial charge in [-0.1, -0.05) is 0 Å². The lowest BCUT2D eigenvalue weighted by atomic mass is 10.3. The fourth-order valence-electron chi connectivity index (χ4n) is 1.02. The molecule has 0 saturated heterocycles. The van der Waals surface area contributed by atoms with E-state index in [-0.39, 0.29) is 4.47 Å². The van der Waals surface area contributed by atoms with Crippen LogP contribution in [0.3, 0.4) is 0 Å². The van der Waals surface area contributed by atoms with Gasteiger partial charge in [-0.25, -0.2) is 0 Å². The Morgan fingerprint density at radius 1 is 1.50 bits per heavy atom. The van der Waals surface area contributed by atoms with Crippen molar-refractivity contribution in [3.63, 3.8) is 0 Å². The zero-order valence-electron chi connectivity index (χ0n) is 7.58. The molecule has 4 nitrogen and oxygen atoms in total. The van der Waals surface area contributed by atoms with E-state index in [0.29, 0.717) is 16.8 Å². The Morgan fingerprint density at radius 2 is 2.06 bits per heavy atom. The fourth-order valence-corrected chi connectivity index (χ4v) is 1.49. The van der Waals surface area contributed by atoms with Crippen LogP contribution < -0.4 is 5.56 Å². The molecule has 8 heteroatoms. The van der Waals surface area contributed by atoms with Crippen molar-refractivity contribution >= 4 is 21.9 Å². The van der Waals surface area contributed by atoms with E-state index < -0.39 is 29.8 Å². The van der Waals surface area contributed by atoms with Gasteiger partial charge in [0.25, 0.3) is 5.56 Å². The van der Waals surface area contributed by atoms with Crippen LogP contribution in [0.5, 0.6) is 0 Å². The zero-order valence-corrected chi connectivity index (χ0v) is 9.17. The highest BCUT2D eigenvalue weighted by molar-refractivity contribution is 9.10. The summed E-state index contributed by atoms with van der Waals surface area (Å²) in [6, 6.07) is 0.612. The third kappa shape index (κ3) is 2.84. The highest BCUT2D eigenvalue weighted by Crippen LogP contribution is 2.29. The van der Waals surface area contributed by atoms with Gasteiger partial charge in [-0.3, -0.25) is 9.59 Å². The van der Waals surface area contributed by atoms with Crippen LogP contribution in [0.1, 0.15) is 5.56 Å². The third-order valence-electron chi connectivity index (χ3n) is 1.68. The van der Waals surface area contributed by atoms with Crippen molar-refractivity contribution < 1.29 is 23.1 Å². The Labute approximate surface area is 95.4 Å². The number of carboxylic acid groups (broad SMARTS) is 1. The van der Waals surface area contributed by atoms with Crippen molar-refractivity contribution in [2.24, 2.45) is 0 Å². The van der Waals surface area contributed by atoms with Gasteiger partial charge >= 0.3 is 12.1 Å². The van der Waals surface area contributed by atoms with E-state index in [9.17, 15) is 22.8 Å². The largest absolute Gasteiger partial charge is 0.480 e. The first-order valence-corrected chi connectivity index (χ1v) is 4.70. The van der Waals surface area contributed by atoms with Crippen molar-refractivity contribution in [1.29, 1.82) is 0 Å². The average molecular weight is 300 g/mol. The lowest BCUT2D eigenvalue weighted by Crippen LogP contribution is -2.26. The minimum absolute atomic E-state index is 0.330. The molecule has 1 heterocycles. The topological polar surface area (TPSA) is 59.3 Å². The molecule has 1 N–H and O–H groups in total. The summed E-state index contributed by atoms with van der Waals surface area (Å²) in [6.45, 7) is -0.818. The molecule has 0 aromatic carbocycles. The summed E-state index contributed by atoms with van der Waals surface area (Å²) in [4.78, 5) is 21.6. The summed E-state index contributed by atoms with van der Waals surface area (Å²) in [6.07, 6.45) is -4.16. The van der Waals surface area contributed by atoms with E-state index >= 15 is 0 Å². The Bertz CT molecular complexity index is 480. The minimum atomic E-state index is -4.63. The average Bonchev–Trinajstić information content (AvgIpc) is 2.10. The van der Waals surface area contributed by atoms with Crippen molar-refractivity contribution in [3.8, 4) is 0 Å². The number of aliphatic carboxylic acids is 1. The summed E-state index contributed by atoms with van der Waals surface area (Å²) in [5.74, 6) is -1.40. The van der Waals surface area contributed by atoms with E-state index in [1.807, 2.05) is 0 Å². The molecule has 0 unspecified atom stereocenters. The van der Waals surface area contributed by atoms with E-state index in [1.165, 1.54) is 0 Å². The molecule has 1 rings (SSSR count). The Balaban J connectivity index is 3.33. The first-order valence-electron chi connectivity index (χ1n) is 3.91. The maximum absolute atomic E-state index is 12.3. The number of carboxylic acids is 1. The third-order valence-corrected chi connectivity index (χ3v) is 2.24. The van der Waals surface area contributed by atoms with Gasteiger partial charge in [-0.2, -0.15) is 13.2 Å². The number of halogens is 4. The predicted molar refractivity (Wildman–Crippen MR) is 51.0 cm³/mol. The first-order chi connectivity index (χ1) is 7.21. The van der Waals surface area contributed by atoms with Crippen LogP contribution in [0.2, 0.25) is 0 Å². The second-order valence-corrected chi connectivity index (χ2v) is 3.76. The summed E-state index contributed by atoms with van der Waals surface area (Å²) < 4.78 is 37.2. The number of rotatable bonds is 2. The molecule has 1 aromatic rings. The number of hydrogen-bond acceptors (Lipinski definition) is 2. The molecule has 88 valence electrons. The molecule has 0 atom stereocenters. The van der Waals surface area contributed by atoms with Crippen LogP contribution in [0.15, 0.2) is 21.5 Å². The van der Waals surface area contributed by atoms with Gasteiger partial charge in [0.2, 0.25) is 0 Å². The van der Waals surface area contributed by atoms with Crippen LogP contribution in [0, 0.1) is 0 Å². The van der Waals surface area contributed by atoms with Crippen LogP contribution in [-0.2, 0) is 17.5 Å². The van der Waals surface area contributed by atoms with Gasteiger partial charge in [0.15, 0.2) is 0 Å². The molecule has 0 radical (unpaired) electrons. The molecule has 0 bridgehead atoms. The Kier molecular flexibility index (Phi) is 3.41. The number of hydrogen-bond donors (Lipinski definition) is 1. The summed E-state index contributed by atoms with van der Waals surface area (Å²) in [5.41, 5.74) is -1.91. The smallest absolute Gasteiger partial charge is 0.417 e. The van der Waals surface area contributed by atoms with Crippen LogP contribution in [0.25, 0.3) is 0 Å². The number of carbonyl (C=O) groups is 1. The fraction of sp³-hybridized carbons (Fsp3) is 0.250. The first kappa shape index (κ1) is 12.8. The summed E-state index contributed by atoms with van der Waals surface area (Å²) in [5, 5.41) is 8.42. The lowest BCUT2D eigenvalue weighted by molar-refractivity contribution is -0.140. The second kappa shape index (κ2) is 4.28. The van der Waals surface area contributed by atoms with E-state index in [1.54, 1.807) is 0 Å². The van der Waals surface area contributed by atoms with Gasteiger partial charge in [0, 0.05) is 6.20 Å². The molecule has 0 aliphatic rings. The minimum Gasteiger partial charge on any atom is -0.480 e. The quantitative estimate of drug-likeness (QED) is 0.904. The molecule has 0 fully saturated rings. The zero-order chi connectivity index (χ0) is 12.5. The second-order valence-electron chi connectivity index (χ2n) is 2.90. The van der Waals surface area contributed by atoms with Crippen molar-refractivity contribution in [1.82, 2.24) is 4.57 Å². The van der Waals surface area contributed by atoms with E-state index in [2.05, 4.69) is 15.9 Å². The number of aromatic nitrogens is 1. The van der Waals surface area contributed by atoms with E-state index in [4.69, 9.17) is 5.11 Å². The van der Waals surface area contributed by atoms with Gasteiger partial charge in [-0.15, -0.1) is 0 Å². The van der Waals surface area contributed by atoms with E-state index in [0.717, 1.165) is 0 Å². The van der Waals surface area contributed by atoms with Crippen LogP contribution in [0.4, 0.5) is 13.2 Å². The highest BCUT2D eigenvalue weighted by Gasteiger charge is 2.32. The predicted octanol–water partition coefficient (Wildman–Crippen LogP) is 1.71. The van der Waals surface area contributed by atoms with Gasteiger partial charge in [-0.05, 0) is 22.0 Å². The molecular weight excluding hydrogens is 295 g/mol. The molecule has 1 aromatic heterocycles. The Morgan fingerprint density at radius 3 is 2.50 bits per heavy atom. The molecule has 0 saturated carbocycles. The molecule has 0 aliphatic heterocycles. The van der Waals surface area contributed by atoms with Crippen molar-refractivity contribution in [3.05, 3.63) is 32.7 Å². The maximum Gasteiger partial charge on any atom is 0.417 e. The van der Waals surface area contributed by atoms with Gasteiger partial charge in [0.05, 0.1) is 10.0 Å². The maximum atomic E-state index is 12.3. The number of pyridine rings is 1. The normalized spacial score (nSPS) is 11.5. The van der Waals surface area contributed by atoms with Crippen molar-refractivity contribution in [2.45, 2.75) is 12.7 Å². The van der Waals surface area contributed by atoms with Crippen molar-refractivity contribution in [2.75, 3.05) is 0 Å². The number of nitrogens with zero attached hydrogens (tertiary/aromatic N) is 1. The lowest BCUT2D eigenvalue weighted by Gasteiger charge is -2.10. The Hall–Kier alpha value is -1.31. The van der Waals surface area contributed by atoms with Crippen LogP contribution in [-0.4, -0.2) is 15.6 Å². The number of alkyl halides is 3. The summed E-state index contributed by atoms with van der Waals surface area (Å²) >= 11 is 2.65. The standard InChI is InChI=1S/C8H5BrF3NO3/c9-5-1-4(8(10,11)12)2-13(7(5)16)3-6(14)15/h1-2H,3H2,(H,14,15). The monoisotopic (exact) mass is 299 g/mol.